The van der Waals surface area contributed by atoms with Gasteiger partial charge >= 0.3 is 0 Å². The molecular formula is C16H22N2O3. The highest BCUT2D eigenvalue weighted by atomic mass is 16.6. The van der Waals surface area contributed by atoms with Crippen molar-refractivity contribution in [3.05, 3.63) is 39.9 Å². The zero-order valence-electron chi connectivity index (χ0n) is 12.5. The van der Waals surface area contributed by atoms with Gasteiger partial charge in [-0.1, -0.05) is 31.0 Å². The Balaban J connectivity index is 2.18. The van der Waals surface area contributed by atoms with Crippen molar-refractivity contribution < 1.29 is 9.72 Å². The van der Waals surface area contributed by atoms with E-state index in [1.165, 1.54) is 6.42 Å². The Hall–Kier alpha value is -1.75. The summed E-state index contributed by atoms with van der Waals surface area (Å²) in [6.07, 6.45) is 4.93. The Labute approximate surface area is 125 Å². The molecule has 0 amide bonds. The van der Waals surface area contributed by atoms with Crippen LogP contribution in [0.15, 0.2) is 24.3 Å². The molecule has 1 saturated heterocycles. The molecule has 0 saturated carbocycles. The second-order valence-corrected chi connectivity index (χ2v) is 5.77. The molecule has 1 aromatic carbocycles. The second kappa shape index (κ2) is 7.31. The fourth-order valence-electron chi connectivity index (χ4n) is 3.05. The highest BCUT2D eigenvalue weighted by molar-refractivity contribution is 5.76. The number of nitro groups is 1. The zero-order valence-corrected chi connectivity index (χ0v) is 12.5. The molecule has 1 fully saturated rings. The Kier molecular flexibility index (Phi) is 5.44. The molecule has 1 atom stereocenters. The van der Waals surface area contributed by atoms with E-state index in [4.69, 9.17) is 0 Å². The smallest absolute Gasteiger partial charge is 0.273 e. The van der Waals surface area contributed by atoms with Crippen LogP contribution in [0.2, 0.25) is 0 Å². The molecule has 0 radical (unpaired) electrons. The van der Waals surface area contributed by atoms with E-state index in [9.17, 15) is 14.9 Å². The third kappa shape index (κ3) is 4.36. The molecule has 114 valence electrons. The lowest BCUT2D eigenvalue weighted by Gasteiger charge is -2.29. The van der Waals surface area contributed by atoms with E-state index in [-0.39, 0.29) is 22.4 Å². The van der Waals surface area contributed by atoms with Crippen LogP contribution in [0.5, 0.6) is 0 Å². The van der Waals surface area contributed by atoms with Gasteiger partial charge < -0.3 is 0 Å². The van der Waals surface area contributed by atoms with Gasteiger partial charge in [0.05, 0.1) is 4.92 Å². The number of hydrogen-bond donors (Lipinski definition) is 0. The van der Waals surface area contributed by atoms with Crippen molar-refractivity contribution in [2.75, 3.05) is 6.54 Å². The first-order chi connectivity index (χ1) is 10.1. The van der Waals surface area contributed by atoms with E-state index in [0.29, 0.717) is 13.0 Å². The van der Waals surface area contributed by atoms with E-state index in [2.05, 4.69) is 4.90 Å². The normalized spacial score (nSPS) is 20.0. The van der Waals surface area contributed by atoms with Crippen LogP contribution in [-0.2, 0) is 11.3 Å². The summed E-state index contributed by atoms with van der Waals surface area (Å²) in [5, 5.41) is 11.1. The maximum atomic E-state index is 11.5. The number of rotatable bonds is 5. The first-order valence-electron chi connectivity index (χ1n) is 7.53. The van der Waals surface area contributed by atoms with Crippen LogP contribution in [0.3, 0.4) is 0 Å². The lowest BCUT2D eigenvalue weighted by atomic mass is 10.0. The molecule has 1 heterocycles. The Morgan fingerprint density at radius 3 is 2.81 bits per heavy atom. The summed E-state index contributed by atoms with van der Waals surface area (Å²) in [5.41, 5.74) is 0.904. The van der Waals surface area contributed by atoms with Gasteiger partial charge in [-0.3, -0.25) is 19.8 Å². The van der Waals surface area contributed by atoms with E-state index >= 15 is 0 Å². The highest BCUT2D eigenvalue weighted by Crippen LogP contribution is 2.25. The van der Waals surface area contributed by atoms with Crippen molar-refractivity contribution in [2.45, 2.75) is 51.6 Å². The van der Waals surface area contributed by atoms with Gasteiger partial charge in [0.2, 0.25) is 0 Å². The summed E-state index contributed by atoms with van der Waals surface area (Å²) >= 11 is 0. The minimum Gasteiger partial charge on any atom is -0.300 e. The monoisotopic (exact) mass is 290 g/mol. The fraction of sp³-hybridized carbons (Fsp3) is 0.562. The predicted octanol–water partition coefficient (Wildman–Crippen LogP) is 3.32. The third-order valence-electron chi connectivity index (χ3n) is 4.08. The number of carbonyl (C=O) groups excluding carboxylic acids is 1. The van der Waals surface area contributed by atoms with Crippen LogP contribution in [0.25, 0.3) is 0 Å². The van der Waals surface area contributed by atoms with Crippen LogP contribution in [0.1, 0.15) is 44.6 Å². The van der Waals surface area contributed by atoms with Gasteiger partial charge in [0.15, 0.2) is 0 Å². The molecule has 0 spiro atoms. The van der Waals surface area contributed by atoms with Crippen molar-refractivity contribution in [3.8, 4) is 0 Å². The molecule has 21 heavy (non-hydrogen) atoms. The number of hydrogen-bond acceptors (Lipinski definition) is 4. The van der Waals surface area contributed by atoms with Gasteiger partial charge in [-0.25, -0.2) is 0 Å². The maximum absolute atomic E-state index is 11.5. The lowest BCUT2D eigenvalue weighted by Crippen LogP contribution is -2.35. The quantitative estimate of drug-likeness (QED) is 0.616. The van der Waals surface area contributed by atoms with Gasteiger partial charge in [0.25, 0.3) is 5.69 Å². The van der Waals surface area contributed by atoms with E-state index in [1.54, 1.807) is 19.1 Å². The number of carbonyl (C=O) groups is 1. The molecule has 0 bridgehead atoms. The summed E-state index contributed by atoms with van der Waals surface area (Å²) in [6.45, 7) is 3.08. The molecule has 5 heteroatoms. The van der Waals surface area contributed by atoms with Crippen LogP contribution in [0.4, 0.5) is 5.69 Å². The van der Waals surface area contributed by atoms with Gasteiger partial charge in [-0.05, 0) is 26.3 Å². The lowest BCUT2D eigenvalue weighted by molar-refractivity contribution is -0.385. The number of para-hydroxylation sites is 1. The van der Waals surface area contributed by atoms with Crippen molar-refractivity contribution in [1.82, 2.24) is 4.90 Å². The Morgan fingerprint density at radius 2 is 2.10 bits per heavy atom. The second-order valence-electron chi connectivity index (χ2n) is 5.77. The Morgan fingerprint density at radius 1 is 1.33 bits per heavy atom. The van der Waals surface area contributed by atoms with E-state index < -0.39 is 0 Å². The van der Waals surface area contributed by atoms with Crippen LogP contribution in [0, 0.1) is 10.1 Å². The molecule has 1 aliphatic rings. The average Bonchev–Trinajstić information content (AvgIpc) is 2.64. The van der Waals surface area contributed by atoms with E-state index in [0.717, 1.165) is 31.4 Å². The number of Topliss-reactive ketones (excluding diaryl/α,β-unsaturated/α-hetero) is 1. The number of nitrogens with zero attached hydrogens (tertiary/aromatic N) is 2. The molecule has 0 N–H and O–H groups in total. The van der Waals surface area contributed by atoms with Gasteiger partial charge in [-0.2, -0.15) is 0 Å². The maximum Gasteiger partial charge on any atom is 0.273 e. The van der Waals surface area contributed by atoms with Crippen LogP contribution in [-0.4, -0.2) is 28.2 Å². The third-order valence-corrected chi connectivity index (χ3v) is 4.08. The summed E-state index contributed by atoms with van der Waals surface area (Å²) in [4.78, 5) is 24.5. The van der Waals surface area contributed by atoms with Crippen molar-refractivity contribution in [2.24, 2.45) is 0 Å². The van der Waals surface area contributed by atoms with Crippen molar-refractivity contribution in [3.63, 3.8) is 0 Å². The molecule has 0 aliphatic carbocycles. The van der Waals surface area contributed by atoms with Crippen molar-refractivity contribution in [1.29, 1.82) is 0 Å². The molecular weight excluding hydrogens is 268 g/mol. The number of nitro benzene ring substituents is 1. The molecule has 1 aromatic rings. The molecule has 0 aromatic heterocycles. The predicted molar refractivity (Wildman–Crippen MR) is 81.1 cm³/mol. The average molecular weight is 290 g/mol. The standard InChI is InChI=1S/C16H22N2O3/c1-13(19)11-15-8-3-2-6-10-17(15)12-14-7-4-5-9-16(14)18(20)21/h4-5,7,9,15H,2-3,6,8,10-12H2,1H3. The van der Waals surface area contributed by atoms with Gasteiger partial charge in [0.1, 0.15) is 5.78 Å². The zero-order chi connectivity index (χ0) is 15.2. The van der Waals surface area contributed by atoms with Crippen molar-refractivity contribution >= 4 is 11.5 Å². The van der Waals surface area contributed by atoms with Crippen LogP contribution >= 0.6 is 0 Å². The number of ketones is 1. The molecule has 1 unspecified atom stereocenters. The molecule has 5 nitrogen and oxygen atoms in total. The Bertz CT molecular complexity index is 516. The summed E-state index contributed by atoms with van der Waals surface area (Å²) in [7, 11) is 0. The summed E-state index contributed by atoms with van der Waals surface area (Å²) in [5.74, 6) is 0.189. The summed E-state index contributed by atoms with van der Waals surface area (Å²) < 4.78 is 0. The minimum absolute atomic E-state index is 0.170. The van der Waals surface area contributed by atoms with Crippen LogP contribution < -0.4 is 0 Å². The molecule has 1 aliphatic heterocycles. The fourth-order valence-corrected chi connectivity index (χ4v) is 3.05. The minimum atomic E-state index is -0.326. The summed E-state index contributed by atoms with van der Waals surface area (Å²) in [6, 6.07) is 7.10. The first-order valence-corrected chi connectivity index (χ1v) is 7.53. The first kappa shape index (κ1) is 15.6. The SMILES string of the molecule is CC(=O)CC1CCCCCN1Cc1ccccc1[N+](=O)[O-]. The topological polar surface area (TPSA) is 63.5 Å². The highest BCUT2D eigenvalue weighted by Gasteiger charge is 2.24. The largest absolute Gasteiger partial charge is 0.300 e. The number of benzene rings is 1. The van der Waals surface area contributed by atoms with Gasteiger partial charge in [0, 0.05) is 30.6 Å². The van der Waals surface area contributed by atoms with Gasteiger partial charge in [-0.15, -0.1) is 0 Å². The van der Waals surface area contributed by atoms with E-state index in [1.807, 2.05) is 12.1 Å². The molecule has 2 rings (SSSR count). The number of likely N-dealkylation sites (tertiary alicyclic amines) is 1.